The van der Waals surface area contributed by atoms with Crippen molar-refractivity contribution in [3.63, 3.8) is 0 Å². The Morgan fingerprint density at radius 1 is 0.974 bits per heavy atom. The number of rotatable bonds is 6. The van der Waals surface area contributed by atoms with Crippen LogP contribution in [0.4, 0.5) is 0 Å². The highest BCUT2D eigenvalue weighted by atomic mass is 16.2. The Bertz CT molecular complexity index is 1500. The average molecular weight is 521 g/mol. The quantitative estimate of drug-likeness (QED) is 0.357. The fourth-order valence-corrected chi connectivity index (χ4v) is 6.46. The van der Waals surface area contributed by atoms with E-state index >= 15 is 0 Å². The first-order chi connectivity index (χ1) is 19.0. The van der Waals surface area contributed by atoms with Crippen molar-refractivity contribution in [1.82, 2.24) is 20.1 Å². The highest BCUT2D eigenvalue weighted by molar-refractivity contribution is 6.02. The molecule has 0 spiro atoms. The fourth-order valence-electron chi connectivity index (χ4n) is 6.46. The Kier molecular flexibility index (Phi) is 6.96. The van der Waals surface area contributed by atoms with Crippen LogP contribution in [0.3, 0.4) is 0 Å². The third kappa shape index (κ3) is 4.97. The van der Waals surface area contributed by atoms with Crippen LogP contribution in [-0.4, -0.2) is 53.3 Å². The van der Waals surface area contributed by atoms with Crippen LogP contribution in [0.25, 0.3) is 10.9 Å². The van der Waals surface area contributed by atoms with Gasteiger partial charge in [-0.05, 0) is 62.0 Å². The predicted molar refractivity (Wildman–Crippen MR) is 155 cm³/mol. The maximum atomic E-state index is 14.0. The smallest absolute Gasteiger partial charge is 0.254 e. The summed E-state index contributed by atoms with van der Waals surface area (Å²) in [5, 5.41) is 4.35. The number of hydrogen-bond donors (Lipinski definition) is 2. The number of fused-ring (bicyclic) bond motifs is 2. The molecular formula is C33H36N4O2. The number of aromatic amines is 1. The number of carbonyl (C=O) groups is 2. The Morgan fingerprint density at radius 3 is 2.56 bits per heavy atom. The van der Waals surface area contributed by atoms with E-state index in [1.165, 1.54) is 11.1 Å². The van der Waals surface area contributed by atoms with E-state index < -0.39 is 5.92 Å². The van der Waals surface area contributed by atoms with Crippen molar-refractivity contribution in [3.8, 4) is 0 Å². The number of benzene rings is 3. The molecule has 200 valence electrons. The number of piperidine rings is 1. The maximum absolute atomic E-state index is 14.0. The van der Waals surface area contributed by atoms with Crippen LogP contribution in [0.2, 0.25) is 0 Å². The first-order valence-corrected chi connectivity index (χ1v) is 14.0. The Hall–Kier alpha value is -3.90. The van der Waals surface area contributed by atoms with Gasteiger partial charge in [0, 0.05) is 48.4 Å². The van der Waals surface area contributed by atoms with Gasteiger partial charge in [-0.25, -0.2) is 0 Å². The van der Waals surface area contributed by atoms with Crippen LogP contribution in [0.15, 0.2) is 79.0 Å². The van der Waals surface area contributed by atoms with Crippen molar-refractivity contribution in [1.29, 1.82) is 0 Å². The zero-order chi connectivity index (χ0) is 26.9. The van der Waals surface area contributed by atoms with Crippen LogP contribution < -0.4 is 5.32 Å². The third-order valence-electron chi connectivity index (χ3n) is 8.56. The monoisotopic (exact) mass is 520 g/mol. The van der Waals surface area contributed by atoms with Gasteiger partial charge in [0.1, 0.15) is 0 Å². The summed E-state index contributed by atoms with van der Waals surface area (Å²) in [6, 6.07) is 24.0. The lowest BCUT2D eigenvalue weighted by Gasteiger charge is -2.40. The molecule has 6 nitrogen and oxygen atoms in total. The van der Waals surface area contributed by atoms with Gasteiger partial charge < -0.3 is 15.2 Å². The molecule has 3 heterocycles. The number of likely N-dealkylation sites (N-methyl/N-ethyl adjacent to an activating group) is 1. The number of H-pyrrole nitrogens is 1. The molecule has 0 radical (unpaired) electrons. The lowest BCUT2D eigenvalue weighted by molar-refractivity contribution is -0.124. The largest absolute Gasteiger partial charge is 0.361 e. The number of amides is 2. The molecule has 0 bridgehead atoms. The van der Waals surface area contributed by atoms with E-state index in [1.807, 2.05) is 55.7 Å². The van der Waals surface area contributed by atoms with E-state index in [2.05, 4.69) is 52.5 Å². The van der Waals surface area contributed by atoms with E-state index in [0.717, 1.165) is 54.5 Å². The zero-order valence-electron chi connectivity index (χ0n) is 22.7. The van der Waals surface area contributed by atoms with E-state index in [0.29, 0.717) is 18.0 Å². The lowest BCUT2D eigenvalue weighted by Crippen LogP contribution is -2.47. The normalized spacial score (nSPS) is 20.3. The fraction of sp³-hybridized carbons (Fsp3) is 0.333. The molecule has 2 aliphatic heterocycles. The second-order valence-electron chi connectivity index (χ2n) is 11.2. The molecule has 1 fully saturated rings. The van der Waals surface area contributed by atoms with Crippen molar-refractivity contribution in [2.24, 2.45) is 5.92 Å². The number of para-hydroxylation sites is 1. The van der Waals surface area contributed by atoms with Gasteiger partial charge in [0.2, 0.25) is 5.91 Å². The summed E-state index contributed by atoms with van der Waals surface area (Å²) >= 11 is 0. The first kappa shape index (κ1) is 25.4. The molecule has 39 heavy (non-hydrogen) atoms. The highest BCUT2D eigenvalue weighted by Crippen LogP contribution is 2.44. The summed E-state index contributed by atoms with van der Waals surface area (Å²) in [5.74, 6) is -0.0952. The second kappa shape index (κ2) is 10.7. The predicted octanol–water partition coefficient (Wildman–Crippen LogP) is 5.42. The van der Waals surface area contributed by atoms with Gasteiger partial charge in [-0.1, -0.05) is 66.2 Å². The minimum absolute atomic E-state index is 0.0146. The SMILES string of the molecule is Cc1cccc(CN2CCC(CNC(=O)C3c4ccccc4C(=O)N(C)C3c3c[nH]c4ccccc34)CC2)c1. The van der Waals surface area contributed by atoms with Crippen molar-refractivity contribution in [3.05, 3.63) is 107 Å². The summed E-state index contributed by atoms with van der Waals surface area (Å²) in [6.45, 7) is 5.85. The molecule has 2 amide bonds. The molecule has 2 atom stereocenters. The highest BCUT2D eigenvalue weighted by Gasteiger charge is 2.43. The van der Waals surface area contributed by atoms with Gasteiger partial charge in [0.25, 0.3) is 5.91 Å². The molecule has 0 aliphatic carbocycles. The molecular weight excluding hydrogens is 484 g/mol. The minimum Gasteiger partial charge on any atom is -0.361 e. The number of carbonyl (C=O) groups excluding carboxylic acids is 2. The number of aryl methyl sites for hydroxylation is 1. The number of aromatic nitrogens is 1. The molecule has 2 aliphatic rings. The topological polar surface area (TPSA) is 68.4 Å². The summed E-state index contributed by atoms with van der Waals surface area (Å²) in [5.41, 5.74) is 6.05. The van der Waals surface area contributed by atoms with E-state index in [-0.39, 0.29) is 17.9 Å². The van der Waals surface area contributed by atoms with Crippen molar-refractivity contribution < 1.29 is 9.59 Å². The zero-order valence-corrected chi connectivity index (χ0v) is 22.7. The standard InChI is InChI=1S/C33H36N4O2/c1-22-8-7-9-24(18-22)21-37-16-14-23(15-17-37)19-35-32(38)30-26-11-3-4-12-27(26)33(39)36(2)31(30)28-20-34-29-13-6-5-10-25(28)29/h3-13,18,20,23,30-31,34H,14-17,19,21H2,1-2H3,(H,35,38). The van der Waals surface area contributed by atoms with Gasteiger partial charge in [-0.15, -0.1) is 0 Å². The molecule has 1 aromatic heterocycles. The van der Waals surface area contributed by atoms with Crippen molar-refractivity contribution >= 4 is 22.7 Å². The van der Waals surface area contributed by atoms with Crippen molar-refractivity contribution in [2.45, 2.75) is 38.3 Å². The first-order valence-electron chi connectivity index (χ1n) is 14.0. The number of hydrogen-bond acceptors (Lipinski definition) is 3. The van der Waals surface area contributed by atoms with Gasteiger partial charge in [0.05, 0.1) is 12.0 Å². The van der Waals surface area contributed by atoms with Crippen LogP contribution in [-0.2, 0) is 11.3 Å². The molecule has 4 aromatic rings. The molecule has 0 saturated carbocycles. The van der Waals surface area contributed by atoms with E-state index in [1.54, 1.807) is 4.90 Å². The third-order valence-corrected chi connectivity index (χ3v) is 8.56. The Labute approximate surface area is 230 Å². The van der Waals surface area contributed by atoms with Crippen LogP contribution in [0.1, 0.15) is 57.4 Å². The van der Waals surface area contributed by atoms with Gasteiger partial charge in [-0.3, -0.25) is 14.5 Å². The van der Waals surface area contributed by atoms with Crippen LogP contribution >= 0.6 is 0 Å². The van der Waals surface area contributed by atoms with Gasteiger partial charge in [0.15, 0.2) is 0 Å². The van der Waals surface area contributed by atoms with Crippen LogP contribution in [0.5, 0.6) is 0 Å². The van der Waals surface area contributed by atoms with E-state index in [9.17, 15) is 9.59 Å². The molecule has 3 aromatic carbocycles. The number of nitrogens with one attached hydrogen (secondary N) is 2. The molecule has 2 N–H and O–H groups in total. The molecule has 1 saturated heterocycles. The molecule has 2 unspecified atom stereocenters. The number of likely N-dealkylation sites (tertiary alicyclic amines) is 1. The minimum atomic E-state index is -0.482. The van der Waals surface area contributed by atoms with Crippen LogP contribution in [0, 0.1) is 12.8 Å². The Balaban J connectivity index is 1.18. The van der Waals surface area contributed by atoms with Gasteiger partial charge in [-0.2, -0.15) is 0 Å². The lowest BCUT2D eigenvalue weighted by atomic mass is 9.79. The molecule has 6 rings (SSSR count). The van der Waals surface area contributed by atoms with E-state index in [4.69, 9.17) is 0 Å². The molecule has 6 heteroatoms. The maximum Gasteiger partial charge on any atom is 0.254 e. The Morgan fingerprint density at radius 2 is 1.74 bits per heavy atom. The summed E-state index contributed by atoms with van der Waals surface area (Å²) < 4.78 is 0. The van der Waals surface area contributed by atoms with Crippen molar-refractivity contribution in [2.75, 3.05) is 26.7 Å². The summed E-state index contributed by atoms with van der Waals surface area (Å²) in [6.07, 6.45) is 4.09. The second-order valence-corrected chi connectivity index (χ2v) is 11.2. The average Bonchev–Trinajstić information content (AvgIpc) is 3.38. The summed E-state index contributed by atoms with van der Waals surface area (Å²) in [7, 11) is 1.81. The number of nitrogens with zero attached hydrogens (tertiary/aromatic N) is 2. The van der Waals surface area contributed by atoms with Gasteiger partial charge >= 0.3 is 0 Å². The summed E-state index contributed by atoms with van der Waals surface area (Å²) in [4.78, 5) is 34.9.